The summed E-state index contributed by atoms with van der Waals surface area (Å²) in [6.45, 7) is 11.2. The summed E-state index contributed by atoms with van der Waals surface area (Å²) in [6, 6.07) is 0. The summed E-state index contributed by atoms with van der Waals surface area (Å²) >= 11 is 3.64. The molecule has 1 nitrogen and oxygen atoms in total. The van der Waals surface area contributed by atoms with Crippen molar-refractivity contribution in [3.05, 3.63) is 12.2 Å². The predicted octanol–water partition coefficient (Wildman–Crippen LogP) is 3.97. The standard InChI is InChI=1S/C15H21BrO/c1-8-11-5-6-15(8)10(3)13(17)12(16)9(2)14(15,4)7-11/h9-12H,1,5-7H2,2-4H3/t9-,10-,11?,12+,14+,15+/m0/s1. The van der Waals surface area contributed by atoms with Gasteiger partial charge in [0.05, 0.1) is 4.83 Å². The lowest BCUT2D eigenvalue weighted by Crippen LogP contribution is -2.57. The number of hydrogen-bond acceptors (Lipinski definition) is 1. The molecule has 0 saturated heterocycles. The van der Waals surface area contributed by atoms with E-state index in [1.807, 2.05) is 0 Å². The number of carbonyl (C=O) groups excluding carboxylic acids is 1. The van der Waals surface area contributed by atoms with Crippen LogP contribution in [0.1, 0.15) is 40.0 Å². The van der Waals surface area contributed by atoms with E-state index in [4.69, 9.17) is 0 Å². The molecule has 0 heterocycles. The second kappa shape index (κ2) is 3.26. The van der Waals surface area contributed by atoms with Gasteiger partial charge in [0.1, 0.15) is 5.78 Å². The number of halogens is 1. The highest BCUT2D eigenvalue weighted by Crippen LogP contribution is 2.74. The molecule has 3 aliphatic carbocycles. The van der Waals surface area contributed by atoms with Crippen molar-refractivity contribution < 1.29 is 4.79 Å². The smallest absolute Gasteiger partial charge is 0.150 e. The van der Waals surface area contributed by atoms with E-state index in [9.17, 15) is 4.79 Å². The maximum atomic E-state index is 12.5. The molecule has 3 fully saturated rings. The number of fused-ring (bicyclic) bond motifs is 1. The Morgan fingerprint density at radius 3 is 2.65 bits per heavy atom. The fourth-order valence-corrected chi connectivity index (χ4v) is 6.28. The van der Waals surface area contributed by atoms with E-state index in [0.717, 1.165) is 0 Å². The quantitative estimate of drug-likeness (QED) is 0.488. The minimum Gasteiger partial charge on any atom is -0.298 e. The number of allylic oxidation sites excluding steroid dienone is 1. The normalized spacial score (nSPS) is 57.4. The zero-order valence-electron chi connectivity index (χ0n) is 10.9. The van der Waals surface area contributed by atoms with Crippen LogP contribution < -0.4 is 0 Å². The van der Waals surface area contributed by atoms with Crippen LogP contribution in [0, 0.1) is 28.6 Å². The molecule has 94 valence electrons. The number of alkyl halides is 1. The maximum Gasteiger partial charge on any atom is 0.150 e. The highest BCUT2D eigenvalue weighted by molar-refractivity contribution is 9.10. The summed E-state index contributed by atoms with van der Waals surface area (Å²) < 4.78 is 0. The van der Waals surface area contributed by atoms with Crippen LogP contribution in [-0.2, 0) is 4.79 Å². The molecule has 1 spiro atoms. The topological polar surface area (TPSA) is 17.1 Å². The van der Waals surface area contributed by atoms with Crippen LogP contribution in [0.2, 0.25) is 0 Å². The molecule has 0 aromatic carbocycles. The van der Waals surface area contributed by atoms with Gasteiger partial charge in [0.25, 0.3) is 0 Å². The molecule has 2 heteroatoms. The first-order valence-corrected chi connectivity index (χ1v) is 7.65. The molecule has 3 saturated carbocycles. The predicted molar refractivity (Wildman–Crippen MR) is 73.1 cm³/mol. The van der Waals surface area contributed by atoms with Gasteiger partial charge in [0.15, 0.2) is 0 Å². The first kappa shape index (κ1) is 12.0. The molecular formula is C15H21BrO. The Labute approximate surface area is 112 Å². The number of carbonyl (C=O) groups is 1. The Balaban J connectivity index is 2.19. The van der Waals surface area contributed by atoms with Crippen molar-refractivity contribution in [1.29, 1.82) is 0 Å². The maximum absolute atomic E-state index is 12.5. The average molecular weight is 297 g/mol. The Morgan fingerprint density at radius 2 is 2.06 bits per heavy atom. The fraction of sp³-hybridized carbons (Fsp3) is 0.800. The first-order valence-electron chi connectivity index (χ1n) is 6.73. The molecule has 0 aromatic rings. The third kappa shape index (κ3) is 1.06. The minimum absolute atomic E-state index is 0.0419. The van der Waals surface area contributed by atoms with Gasteiger partial charge in [-0.2, -0.15) is 0 Å². The molecule has 1 unspecified atom stereocenters. The van der Waals surface area contributed by atoms with Crippen LogP contribution in [0.4, 0.5) is 0 Å². The summed E-state index contributed by atoms with van der Waals surface area (Å²) in [5, 5.41) is 0. The molecule has 3 rings (SSSR count). The first-order chi connectivity index (χ1) is 7.86. The fourth-order valence-electron chi connectivity index (χ4n) is 5.30. The van der Waals surface area contributed by atoms with E-state index in [1.54, 1.807) is 0 Å². The molecule has 0 aromatic heterocycles. The lowest BCUT2D eigenvalue weighted by Gasteiger charge is -2.56. The molecule has 0 radical (unpaired) electrons. The van der Waals surface area contributed by atoms with Gasteiger partial charge in [0.2, 0.25) is 0 Å². The second-order valence-corrected chi connectivity index (χ2v) is 7.65. The number of hydrogen-bond donors (Lipinski definition) is 0. The van der Waals surface area contributed by atoms with Gasteiger partial charge in [-0.25, -0.2) is 0 Å². The summed E-state index contributed by atoms with van der Waals surface area (Å²) in [6.07, 6.45) is 3.68. The Kier molecular flexibility index (Phi) is 2.29. The minimum atomic E-state index is 0.0419. The van der Waals surface area contributed by atoms with E-state index in [1.165, 1.54) is 24.8 Å². The van der Waals surface area contributed by atoms with Gasteiger partial charge in [-0.1, -0.05) is 48.9 Å². The summed E-state index contributed by atoms with van der Waals surface area (Å²) in [5.41, 5.74) is 1.78. The molecular weight excluding hydrogens is 276 g/mol. The van der Waals surface area contributed by atoms with Crippen molar-refractivity contribution >= 4 is 21.7 Å². The van der Waals surface area contributed by atoms with Crippen LogP contribution in [0.25, 0.3) is 0 Å². The Hall–Kier alpha value is -0.110. The van der Waals surface area contributed by atoms with Crippen molar-refractivity contribution in [2.75, 3.05) is 0 Å². The lowest BCUT2D eigenvalue weighted by molar-refractivity contribution is -0.140. The summed E-state index contributed by atoms with van der Waals surface area (Å²) in [5.74, 6) is 1.65. The monoisotopic (exact) mass is 296 g/mol. The van der Waals surface area contributed by atoms with E-state index in [2.05, 4.69) is 43.3 Å². The van der Waals surface area contributed by atoms with E-state index in [0.29, 0.717) is 17.6 Å². The van der Waals surface area contributed by atoms with E-state index < -0.39 is 0 Å². The van der Waals surface area contributed by atoms with Crippen LogP contribution in [-0.4, -0.2) is 10.6 Å². The van der Waals surface area contributed by atoms with Gasteiger partial charge >= 0.3 is 0 Å². The average Bonchev–Trinajstić information content (AvgIpc) is 2.74. The third-order valence-corrected chi connectivity index (χ3v) is 7.77. The molecule has 0 aliphatic heterocycles. The van der Waals surface area contributed by atoms with E-state index >= 15 is 0 Å². The van der Waals surface area contributed by atoms with Crippen LogP contribution in [0.3, 0.4) is 0 Å². The molecule has 0 N–H and O–H groups in total. The number of Topliss-reactive ketones (excluding diaryl/α,β-unsaturated/α-hetero) is 1. The molecule has 6 atom stereocenters. The molecule has 3 aliphatic rings. The Bertz CT molecular complexity index is 415. The lowest BCUT2D eigenvalue weighted by atomic mass is 9.48. The van der Waals surface area contributed by atoms with Gasteiger partial charge in [0, 0.05) is 11.3 Å². The van der Waals surface area contributed by atoms with E-state index in [-0.39, 0.29) is 21.6 Å². The number of rotatable bonds is 0. The van der Waals surface area contributed by atoms with Crippen molar-refractivity contribution in [2.45, 2.75) is 44.9 Å². The van der Waals surface area contributed by atoms with Crippen LogP contribution in [0.5, 0.6) is 0 Å². The molecule has 17 heavy (non-hydrogen) atoms. The zero-order chi connectivity index (χ0) is 12.6. The second-order valence-electron chi connectivity index (χ2n) is 6.67. The van der Waals surface area contributed by atoms with Crippen molar-refractivity contribution in [3.63, 3.8) is 0 Å². The Morgan fingerprint density at radius 1 is 1.41 bits per heavy atom. The summed E-state index contributed by atoms with van der Waals surface area (Å²) in [4.78, 5) is 12.5. The zero-order valence-corrected chi connectivity index (χ0v) is 12.5. The highest BCUT2D eigenvalue weighted by atomic mass is 79.9. The largest absolute Gasteiger partial charge is 0.298 e. The SMILES string of the molecule is C=C1C2CC[C@]13[C@@H](C)C(=O)[C@H](Br)[C@H](C)[C@@]3(C)C2. The molecule has 2 bridgehead atoms. The van der Waals surface area contributed by atoms with Crippen molar-refractivity contribution in [2.24, 2.45) is 28.6 Å². The highest BCUT2D eigenvalue weighted by Gasteiger charge is 2.70. The van der Waals surface area contributed by atoms with Crippen molar-refractivity contribution in [1.82, 2.24) is 0 Å². The summed E-state index contributed by atoms with van der Waals surface area (Å²) in [7, 11) is 0. The van der Waals surface area contributed by atoms with Gasteiger partial charge in [-0.15, -0.1) is 0 Å². The number of ketones is 1. The van der Waals surface area contributed by atoms with Crippen molar-refractivity contribution in [3.8, 4) is 0 Å². The van der Waals surface area contributed by atoms with Gasteiger partial charge in [-0.3, -0.25) is 4.79 Å². The third-order valence-electron chi connectivity index (χ3n) is 6.52. The molecule has 0 amide bonds. The van der Waals surface area contributed by atoms with Crippen LogP contribution >= 0.6 is 15.9 Å². The van der Waals surface area contributed by atoms with Gasteiger partial charge < -0.3 is 0 Å². The van der Waals surface area contributed by atoms with Crippen LogP contribution in [0.15, 0.2) is 12.2 Å². The van der Waals surface area contributed by atoms with Gasteiger partial charge in [-0.05, 0) is 36.5 Å².